The van der Waals surface area contributed by atoms with Crippen LogP contribution in [0, 0.1) is 11.7 Å². The van der Waals surface area contributed by atoms with Gasteiger partial charge in [-0.05, 0) is 37.6 Å². The Morgan fingerprint density at radius 2 is 2.30 bits per heavy atom. The van der Waals surface area contributed by atoms with Crippen molar-refractivity contribution >= 4 is 11.6 Å². The smallest absolute Gasteiger partial charge is 0.129 e. The molecule has 1 N–H and O–H groups in total. The average Bonchev–Trinajstić information content (AvgIpc) is 2.66. The quantitative estimate of drug-likeness (QED) is 0.912. The van der Waals surface area contributed by atoms with Crippen LogP contribution in [0.2, 0.25) is 5.02 Å². The summed E-state index contributed by atoms with van der Waals surface area (Å²) in [5.74, 6) is 0.445. The summed E-state index contributed by atoms with van der Waals surface area (Å²) in [6.07, 6.45) is 2.28. The van der Waals surface area contributed by atoms with Crippen molar-refractivity contribution in [1.29, 1.82) is 0 Å². The highest BCUT2D eigenvalue weighted by Crippen LogP contribution is 2.18. The van der Waals surface area contributed by atoms with Crippen molar-refractivity contribution in [2.45, 2.75) is 39.3 Å². The van der Waals surface area contributed by atoms with Gasteiger partial charge in [0.1, 0.15) is 5.82 Å². The van der Waals surface area contributed by atoms with Crippen LogP contribution in [0.5, 0.6) is 0 Å². The summed E-state index contributed by atoms with van der Waals surface area (Å²) >= 11 is 5.81. The van der Waals surface area contributed by atoms with E-state index in [-0.39, 0.29) is 5.82 Å². The van der Waals surface area contributed by atoms with Gasteiger partial charge in [-0.2, -0.15) is 0 Å². The Morgan fingerprint density at radius 1 is 1.50 bits per heavy atom. The lowest BCUT2D eigenvalue weighted by atomic mass is 9.99. The number of nitrogens with zero attached hydrogens (tertiary/aromatic N) is 1. The lowest BCUT2D eigenvalue weighted by Crippen LogP contribution is -2.41. The lowest BCUT2D eigenvalue weighted by Gasteiger charge is -2.28. The first-order chi connectivity index (χ1) is 9.60. The maximum Gasteiger partial charge on any atom is 0.129 e. The fraction of sp³-hybridized carbons (Fsp3) is 0.625. The Balaban J connectivity index is 2.03. The van der Waals surface area contributed by atoms with E-state index in [9.17, 15) is 4.39 Å². The van der Waals surface area contributed by atoms with Crippen molar-refractivity contribution in [3.8, 4) is 0 Å². The molecule has 1 aliphatic heterocycles. The van der Waals surface area contributed by atoms with Crippen LogP contribution in [-0.2, 0) is 6.54 Å². The van der Waals surface area contributed by atoms with Crippen LogP contribution in [0.4, 0.5) is 4.39 Å². The van der Waals surface area contributed by atoms with Crippen LogP contribution in [0.25, 0.3) is 0 Å². The zero-order valence-corrected chi connectivity index (χ0v) is 13.1. The van der Waals surface area contributed by atoms with Gasteiger partial charge in [0, 0.05) is 29.7 Å². The number of hydrogen-bond donors (Lipinski definition) is 1. The molecule has 0 amide bonds. The fourth-order valence-electron chi connectivity index (χ4n) is 2.72. The molecule has 2 atom stereocenters. The maximum absolute atomic E-state index is 13.9. The molecule has 1 fully saturated rings. The minimum Gasteiger partial charge on any atom is -0.312 e. The molecule has 1 aromatic rings. The third-order valence-corrected chi connectivity index (χ3v) is 4.49. The monoisotopic (exact) mass is 298 g/mol. The van der Waals surface area contributed by atoms with Gasteiger partial charge in [-0.3, -0.25) is 4.90 Å². The van der Waals surface area contributed by atoms with E-state index < -0.39 is 0 Å². The van der Waals surface area contributed by atoms with Crippen LogP contribution in [0.1, 0.15) is 32.3 Å². The Kier molecular flexibility index (Phi) is 5.82. The van der Waals surface area contributed by atoms with Crippen molar-refractivity contribution in [3.05, 3.63) is 34.6 Å². The second-order valence-corrected chi connectivity index (χ2v) is 6.21. The Bertz CT molecular complexity index is 438. The van der Waals surface area contributed by atoms with Crippen molar-refractivity contribution in [1.82, 2.24) is 10.2 Å². The topological polar surface area (TPSA) is 15.3 Å². The maximum atomic E-state index is 13.9. The first-order valence-corrected chi connectivity index (χ1v) is 7.87. The van der Waals surface area contributed by atoms with Gasteiger partial charge in [-0.15, -0.1) is 0 Å². The number of halogens is 2. The van der Waals surface area contributed by atoms with Crippen molar-refractivity contribution in [2.75, 3.05) is 19.6 Å². The zero-order valence-electron chi connectivity index (χ0n) is 12.3. The first-order valence-electron chi connectivity index (χ1n) is 7.49. The molecule has 1 heterocycles. The van der Waals surface area contributed by atoms with Crippen LogP contribution >= 0.6 is 11.6 Å². The van der Waals surface area contributed by atoms with Gasteiger partial charge >= 0.3 is 0 Å². The van der Waals surface area contributed by atoms with Gasteiger partial charge in [0.2, 0.25) is 0 Å². The summed E-state index contributed by atoms with van der Waals surface area (Å²) in [5, 5.41) is 4.07. The molecular weight excluding hydrogens is 275 g/mol. The minimum absolute atomic E-state index is 0.199. The van der Waals surface area contributed by atoms with Crippen LogP contribution in [-0.4, -0.2) is 30.6 Å². The molecule has 2 unspecified atom stereocenters. The number of benzene rings is 1. The molecular formula is C16H24ClFN2. The van der Waals surface area contributed by atoms with E-state index in [2.05, 4.69) is 24.1 Å². The molecule has 0 bridgehead atoms. The summed E-state index contributed by atoms with van der Waals surface area (Å²) in [5.41, 5.74) is 0.735. The van der Waals surface area contributed by atoms with E-state index in [1.165, 1.54) is 12.5 Å². The summed E-state index contributed by atoms with van der Waals surface area (Å²) in [6, 6.07) is 5.47. The van der Waals surface area contributed by atoms with E-state index in [1.807, 2.05) is 0 Å². The molecule has 1 aliphatic rings. The lowest BCUT2D eigenvalue weighted by molar-refractivity contribution is 0.229. The highest BCUT2D eigenvalue weighted by molar-refractivity contribution is 6.30. The molecule has 0 radical (unpaired) electrons. The third-order valence-electron chi connectivity index (χ3n) is 4.25. The van der Waals surface area contributed by atoms with Crippen molar-refractivity contribution in [2.24, 2.45) is 5.92 Å². The highest BCUT2D eigenvalue weighted by atomic mass is 35.5. The molecule has 2 rings (SSSR count). The van der Waals surface area contributed by atoms with Crippen LogP contribution in [0.3, 0.4) is 0 Å². The highest BCUT2D eigenvalue weighted by Gasteiger charge is 2.22. The predicted octanol–water partition coefficient (Wildman–Crippen LogP) is 3.69. The van der Waals surface area contributed by atoms with E-state index in [1.54, 1.807) is 12.1 Å². The Hall–Kier alpha value is -0.640. The minimum atomic E-state index is -0.199. The molecule has 4 heteroatoms. The molecule has 112 valence electrons. The van der Waals surface area contributed by atoms with E-state index in [4.69, 9.17) is 11.6 Å². The van der Waals surface area contributed by atoms with Gasteiger partial charge in [-0.25, -0.2) is 4.39 Å². The van der Waals surface area contributed by atoms with Gasteiger partial charge in [-0.1, -0.05) is 37.9 Å². The van der Waals surface area contributed by atoms with Crippen molar-refractivity contribution < 1.29 is 4.39 Å². The molecule has 20 heavy (non-hydrogen) atoms. The zero-order chi connectivity index (χ0) is 14.5. The standard InChI is InChI=1S/C16H24ClFN2/c1-3-12(2)16-11-20(8-4-7-19-16)10-13-5-6-14(17)9-15(13)18/h5-6,9,12,16,19H,3-4,7-8,10-11H2,1-2H3. The average molecular weight is 299 g/mol. The van der Waals surface area contributed by atoms with Gasteiger partial charge in [0.25, 0.3) is 0 Å². The number of hydrogen-bond acceptors (Lipinski definition) is 2. The largest absolute Gasteiger partial charge is 0.312 e. The number of nitrogens with one attached hydrogen (secondary N) is 1. The van der Waals surface area contributed by atoms with E-state index >= 15 is 0 Å². The first kappa shape index (κ1) is 15.7. The molecule has 1 aromatic carbocycles. The van der Waals surface area contributed by atoms with Gasteiger partial charge < -0.3 is 5.32 Å². The van der Waals surface area contributed by atoms with Crippen LogP contribution in [0.15, 0.2) is 18.2 Å². The summed E-state index contributed by atoms with van der Waals surface area (Å²) < 4.78 is 13.9. The Morgan fingerprint density at radius 3 is 3.00 bits per heavy atom. The van der Waals surface area contributed by atoms with Crippen molar-refractivity contribution in [3.63, 3.8) is 0 Å². The SMILES string of the molecule is CCC(C)C1CN(Cc2ccc(Cl)cc2F)CCCN1. The van der Waals surface area contributed by atoms with E-state index in [0.717, 1.165) is 31.6 Å². The molecule has 0 saturated carbocycles. The van der Waals surface area contributed by atoms with Crippen LogP contribution < -0.4 is 5.32 Å². The second-order valence-electron chi connectivity index (χ2n) is 5.77. The molecule has 1 saturated heterocycles. The molecule has 2 nitrogen and oxygen atoms in total. The molecule has 0 aliphatic carbocycles. The summed E-state index contributed by atoms with van der Waals surface area (Å²) in [4.78, 5) is 2.35. The summed E-state index contributed by atoms with van der Waals surface area (Å²) in [7, 11) is 0. The van der Waals surface area contributed by atoms with Gasteiger partial charge in [0.05, 0.1) is 0 Å². The molecule has 0 aromatic heterocycles. The second kappa shape index (κ2) is 7.39. The number of rotatable bonds is 4. The Labute approximate surface area is 126 Å². The van der Waals surface area contributed by atoms with Gasteiger partial charge in [0.15, 0.2) is 0 Å². The van der Waals surface area contributed by atoms with E-state index in [0.29, 0.717) is 23.5 Å². The fourth-order valence-corrected chi connectivity index (χ4v) is 2.88. The third kappa shape index (κ3) is 4.18. The normalized spacial score (nSPS) is 22.5. The predicted molar refractivity (Wildman–Crippen MR) is 82.5 cm³/mol. The molecule has 0 spiro atoms. The summed E-state index contributed by atoms with van der Waals surface area (Å²) in [6.45, 7) is 8.22.